The lowest BCUT2D eigenvalue weighted by Crippen LogP contribution is -2.35. The maximum atomic E-state index is 12.2. The number of nitrogens with zero attached hydrogens (tertiary/aromatic N) is 3. The van der Waals surface area contributed by atoms with Crippen LogP contribution in [0, 0.1) is 3.57 Å². The molecule has 0 aliphatic rings. The Balaban J connectivity index is 0.00000312. The lowest BCUT2D eigenvalue weighted by atomic mass is 10.3. The van der Waals surface area contributed by atoms with Crippen LogP contribution in [0.4, 0.5) is 4.39 Å². The van der Waals surface area contributed by atoms with Gasteiger partial charge in [-0.2, -0.15) is 0 Å². The Morgan fingerprint density at radius 1 is 1.31 bits per heavy atom. The molecule has 0 radical (unpaired) electrons. The summed E-state index contributed by atoms with van der Waals surface area (Å²) in [4.78, 5) is 22.9. The summed E-state index contributed by atoms with van der Waals surface area (Å²) in [5, 5.41) is 2.85. The van der Waals surface area contributed by atoms with E-state index >= 15 is 0 Å². The lowest BCUT2D eigenvalue weighted by Gasteiger charge is -2.18. The summed E-state index contributed by atoms with van der Waals surface area (Å²) in [6.45, 7) is 4.28. The van der Waals surface area contributed by atoms with Gasteiger partial charge in [0.1, 0.15) is 12.4 Å². The van der Waals surface area contributed by atoms with Gasteiger partial charge in [0.2, 0.25) is 0 Å². The quantitative estimate of drug-likeness (QED) is 0.431. The normalized spacial score (nSPS) is 10.6. The van der Waals surface area contributed by atoms with Crippen LogP contribution in [0.2, 0.25) is 0 Å². The van der Waals surface area contributed by atoms with Crippen molar-refractivity contribution in [3.63, 3.8) is 0 Å². The number of fused-ring (bicyclic) bond motifs is 1. The molecule has 144 valence electrons. The zero-order valence-corrected chi connectivity index (χ0v) is 18.1. The van der Waals surface area contributed by atoms with E-state index in [1.165, 1.54) is 12.3 Å². The Morgan fingerprint density at radius 2 is 2.08 bits per heavy atom. The van der Waals surface area contributed by atoms with Gasteiger partial charge in [0.25, 0.3) is 5.91 Å². The molecule has 9 heteroatoms. The summed E-state index contributed by atoms with van der Waals surface area (Å²) in [6.07, 6.45) is 4.78. The van der Waals surface area contributed by atoms with Crippen molar-refractivity contribution < 1.29 is 9.18 Å². The number of carbonyl (C=O) groups is 1. The van der Waals surface area contributed by atoms with Crippen molar-refractivity contribution in [2.45, 2.75) is 6.92 Å². The van der Waals surface area contributed by atoms with E-state index in [2.05, 4.69) is 42.8 Å². The van der Waals surface area contributed by atoms with E-state index in [4.69, 9.17) is 0 Å². The number of halogens is 4. The van der Waals surface area contributed by atoms with Crippen molar-refractivity contribution in [3.8, 4) is 0 Å². The highest BCUT2D eigenvalue weighted by atomic mass is 127. The first-order chi connectivity index (χ1) is 11.6. The van der Waals surface area contributed by atoms with Gasteiger partial charge in [-0.3, -0.25) is 14.7 Å². The molecule has 2 rings (SSSR count). The molecule has 0 atom stereocenters. The van der Waals surface area contributed by atoms with Crippen molar-refractivity contribution in [1.29, 1.82) is 0 Å². The fourth-order valence-corrected chi connectivity index (χ4v) is 2.65. The number of nitrogens with one attached hydrogen (secondary N) is 1. The second-order valence-electron chi connectivity index (χ2n) is 5.16. The highest BCUT2D eigenvalue weighted by molar-refractivity contribution is 14.1. The van der Waals surface area contributed by atoms with E-state index < -0.39 is 6.67 Å². The van der Waals surface area contributed by atoms with Crippen molar-refractivity contribution in [3.05, 3.63) is 45.8 Å². The third-order valence-electron chi connectivity index (χ3n) is 3.52. The van der Waals surface area contributed by atoms with E-state index in [0.29, 0.717) is 30.8 Å². The minimum absolute atomic E-state index is 0. The Kier molecular flexibility index (Phi) is 12.7. The molecular weight excluding hydrogens is 493 g/mol. The van der Waals surface area contributed by atoms with Gasteiger partial charge in [-0.25, -0.2) is 9.37 Å². The molecule has 5 nitrogen and oxygen atoms in total. The number of hydrogen-bond acceptors (Lipinski definition) is 4. The van der Waals surface area contributed by atoms with Gasteiger partial charge >= 0.3 is 0 Å². The van der Waals surface area contributed by atoms with Gasteiger partial charge < -0.3 is 5.32 Å². The van der Waals surface area contributed by atoms with Crippen LogP contribution in [-0.2, 0) is 0 Å². The highest BCUT2D eigenvalue weighted by Crippen LogP contribution is 2.13. The Bertz CT molecular complexity index is 733. The van der Waals surface area contributed by atoms with Crippen molar-refractivity contribution >= 4 is 64.3 Å². The van der Waals surface area contributed by atoms with Crippen LogP contribution >= 0.6 is 47.4 Å². The molecule has 1 N–H and O–H groups in total. The lowest BCUT2D eigenvalue weighted by molar-refractivity contribution is 0.0944. The van der Waals surface area contributed by atoms with Crippen LogP contribution in [-0.4, -0.2) is 53.6 Å². The van der Waals surface area contributed by atoms with Crippen LogP contribution in [0.15, 0.2) is 36.5 Å². The number of likely N-dealkylation sites (N-methyl/N-ethyl adjacent to an activating group) is 1. The van der Waals surface area contributed by atoms with Crippen LogP contribution in [0.5, 0.6) is 0 Å². The Hall–Kier alpha value is -1.03. The summed E-state index contributed by atoms with van der Waals surface area (Å²) in [7, 11) is 0. The average Bonchev–Trinajstić information content (AvgIpc) is 2.59. The molecule has 0 aliphatic heterocycles. The first-order valence-electron chi connectivity index (χ1n) is 7.78. The van der Waals surface area contributed by atoms with Gasteiger partial charge in [0.05, 0.1) is 17.2 Å². The molecule has 26 heavy (non-hydrogen) atoms. The molecule has 2 aromatic rings. The molecule has 0 fully saturated rings. The number of alkyl halides is 1. The average molecular weight is 515 g/mol. The second-order valence-corrected chi connectivity index (χ2v) is 6.41. The van der Waals surface area contributed by atoms with Crippen LogP contribution in [0.1, 0.15) is 17.4 Å². The molecular formula is C17H22Cl2FIN4O. The van der Waals surface area contributed by atoms with E-state index in [-0.39, 0.29) is 30.7 Å². The number of benzene rings is 1. The van der Waals surface area contributed by atoms with E-state index in [1.54, 1.807) is 6.08 Å². The first-order valence-corrected chi connectivity index (χ1v) is 8.85. The molecule has 0 saturated carbocycles. The second kappa shape index (κ2) is 13.2. The number of carbonyl (C=O) groups excluding carboxylic acids is 1. The SMILES string of the molecule is CCN(C/C=C/CF)CCNC(=O)c1cnc2cc(I)ccc2n1.Cl.Cl. The minimum atomic E-state index is -0.450. The molecule has 0 saturated heterocycles. The molecule has 0 bridgehead atoms. The number of amides is 1. The van der Waals surface area contributed by atoms with E-state index in [9.17, 15) is 9.18 Å². The summed E-state index contributed by atoms with van der Waals surface area (Å²) in [5.74, 6) is -0.238. The van der Waals surface area contributed by atoms with Gasteiger partial charge in [0.15, 0.2) is 0 Å². The summed E-state index contributed by atoms with van der Waals surface area (Å²) in [6, 6.07) is 5.72. The maximum absolute atomic E-state index is 12.2. The number of aromatic nitrogens is 2. The van der Waals surface area contributed by atoms with Crippen molar-refractivity contribution in [2.75, 3.05) is 32.9 Å². The topological polar surface area (TPSA) is 58.1 Å². The van der Waals surface area contributed by atoms with Crippen molar-refractivity contribution in [2.24, 2.45) is 0 Å². The third kappa shape index (κ3) is 7.69. The predicted molar refractivity (Wildman–Crippen MR) is 116 cm³/mol. The van der Waals surface area contributed by atoms with Gasteiger partial charge in [-0.05, 0) is 47.3 Å². The standard InChI is InChI=1S/C17H20FIN4O.2ClH/c1-2-23(9-4-3-7-18)10-8-20-17(24)16-12-21-15-11-13(19)5-6-14(15)22-16;;/h3-6,11-12H,2,7-10H2,1H3,(H,20,24);2*1H/b4-3+;;. The molecule has 0 aliphatic carbocycles. The molecule has 0 spiro atoms. The molecule has 1 aromatic heterocycles. The van der Waals surface area contributed by atoms with E-state index in [0.717, 1.165) is 15.6 Å². The highest BCUT2D eigenvalue weighted by Gasteiger charge is 2.09. The van der Waals surface area contributed by atoms with Gasteiger partial charge in [-0.15, -0.1) is 24.8 Å². The van der Waals surface area contributed by atoms with Crippen LogP contribution in [0.25, 0.3) is 11.0 Å². The Morgan fingerprint density at radius 3 is 2.77 bits per heavy atom. The zero-order valence-electron chi connectivity index (χ0n) is 14.3. The minimum Gasteiger partial charge on any atom is -0.349 e. The fourth-order valence-electron chi connectivity index (χ4n) is 2.18. The van der Waals surface area contributed by atoms with Gasteiger partial charge in [-0.1, -0.05) is 19.1 Å². The predicted octanol–water partition coefficient (Wildman–Crippen LogP) is 3.66. The smallest absolute Gasteiger partial charge is 0.271 e. The summed E-state index contributed by atoms with van der Waals surface area (Å²) in [5.41, 5.74) is 1.79. The molecule has 1 heterocycles. The van der Waals surface area contributed by atoms with E-state index in [1.807, 2.05) is 25.1 Å². The number of hydrogen-bond donors (Lipinski definition) is 1. The molecule has 0 unspecified atom stereocenters. The van der Waals surface area contributed by atoms with Gasteiger partial charge in [0, 0.05) is 23.2 Å². The molecule has 1 amide bonds. The largest absolute Gasteiger partial charge is 0.349 e. The maximum Gasteiger partial charge on any atom is 0.271 e. The summed E-state index contributed by atoms with van der Waals surface area (Å²) < 4.78 is 13.1. The third-order valence-corrected chi connectivity index (χ3v) is 4.19. The number of allylic oxidation sites excluding steroid dienone is 1. The van der Waals surface area contributed by atoms with Crippen molar-refractivity contribution in [1.82, 2.24) is 20.2 Å². The monoisotopic (exact) mass is 514 g/mol. The first kappa shape index (κ1) is 25.0. The van der Waals surface area contributed by atoms with Crippen LogP contribution in [0.3, 0.4) is 0 Å². The zero-order chi connectivity index (χ0) is 17.4. The van der Waals surface area contributed by atoms with Crippen LogP contribution < -0.4 is 5.32 Å². The summed E-state index contributed by atoms with van der Waals surface area (Å²) >= 11 is 2.21. The Labute approximate surface area is 178 Å². The number of rotatable bonds is 8. The molecule has 1 aromatic carbocycles. The fraction of sp³-hybridized carbons (Fsp3) is 0.353.